The normalized spacial score (nSPS) is 10.6. The molecule has 1 aromatic rings. The zero-order valence-electron chi connectivity index (χ0n) is 10.2. The summed E-state index contributed by atoms with van der Waals surface area (Å²) in [5.74, 6) is 4.60. The van der Waals surface area contributed by atoms with E-state index >= 15 is 0 Å². The van der Waals surface area contributed by atoms with Crippen LogP contribution in [0.4, 0.5) is 0 Å². The number of hydrogen-bond acceptors (Lipinski definition) is 2. The molecule has 2 N–H and O–H groups in total. The lowest BCUT2D eigenvalue weighted by Gasteiger charge is -2.07. The molecule has 0 aliphatic heterocycles. The number of hydrogen-bond donors (Lipinski definition) is 2. The molecule has 90 valence electrons. The van der Waals surface area contributed by atoms with Gasteiger partial charge in [0.1, 0.15) is 5.60 Å². The predicted molar refractivity (Wildman–Crippen MR) is 66.0 cm³/mol. The van der Waals surface area contributed by atoms with Crippen molar-refractivity contribution in [3.8, 4) is 11.8 Å². The fourth-order valence-electron chi connectivity index (χ4n) is 1.40. The van der Waals surface area contributed by atoms with E-state index in [-0.39, 0.29) is 0 Å². The topological polar surface area (TPSA) is 57.5 Å². The second-order valence-electron chi connectivity index (χ2n) is 4.34. The van der Waals surface area contributed by atoms with E-state index in [4.69, 9.17) is 5.11 Å². The van der Waals surface area contributed by atoms with Gasteiger partial charge in [0.15, 0.2) is 0 Å². The average Bonchev–Trinajstić information content (AvgIpc) is 2.24. The highest BCUT2D eigenvalue weighted by Crippen LogP contribution is 2.13. The highest BCUT2D eigenvalue weighted by atomic mass is 16.4. The van der Waals surface area contributed by atoms with Gasteiger partial charge in [0.05, 0.1) is 5.56 Å². The quantitative estimate of drug-likeness (QED) is 0.767. The molecule has 0 radical (unpaired) electrons. The third-order valence-corrected chi connectivity index (χ3v) is 2.23. The van der Waals surface area contributed by atoms with Gasteiger partial charge < -0.3 is 10.2 Å². The molecular weight excluding hydrogens is 216 g/mol. The van der Waals surface area contributed by atoms with Crippen molar-refractivity contribution in [2.45, 2.75) is 32.8 Å². The molecular formula is C14H16O3. The number of carboxylic acids is 1. The first-order valence-corrected chi connectivity index (χ1v) is 5.45. The second kappa shape index (κ2) is 5.03. The van der Waals surface area contributed by atoms with Crippen LogP contribution in [0, 0.1) is 11.8 Å². The van der Waals surface area contributed by atoms with Crippen molar-refractivity contribution >= 4 is 5.97 Å². The van der Waals surface area contributed by atoms with Crippen molar-refractivity contribution in [2.75, 3.05) is 0 Å². The van der Waals surface area contributed by atoms with Crippen molar-refractivity contribution in [3.63, 3.8) is 0 Å². The average molecular weight is 232 g/mol. The van der Waals surface area contributed by atoms with E-state index in [2.05, 4.69) is 11.8 Å². The minimum atomic E-state index is -1.04. The van der Waals surface area contributed by atoms with Crippen LogP contribution >= 0.6 is 0 Å². The van der Waals surface area contributed by atoms with E-state index in [0.717, 1.165) is 5.56 Å². The lowest BCUT2D eigenvalue weighted by Crippen LogP contribution is -2.14. The maximum atomic E-state index is 10.9. The summed E-state index contributed by atoms with van der Waals surface area (Å²) in [6.45, 7) is 5.10. The first-order chi connectivity index (χ1) is 7.83. The van der Waals surface area contributed by atoms with Crippen LogP contribution < -0.4 is 0 Å². The molecule has 1 rings (SSSR count). The van der Waals surface area contributed by atoms with Gasteiger partial charge >= 0.3 is 5.97 Å². The number of aliphatic hydroxyl groups is 1. The van der Waals surface area contributed by atoms with Crippen molar-refractivity contribution in [1.82, 2.24) is 0 Å². The van der Waals surface area contributed by atoms with Crippen LogP contribution in [0.1, 0.15) is 42.3 Å². The Kier molecular flexibility index (Phi) is 3.93. The molecule has 0 aliphatic carbocycles. The molecule has 0 spiro atoms. The van der Waals surface area contributed by atoms with Crippen molar-refractivity contribution in [2.24, 2.45) is 0 Å². The minimum Gasteiger partial charge on any atom is -0.478 e. The van der Waals surface area contributed by atoms with Gasteiger partial charge in [0, 0.05) is 5.56 Å². The molecule has 0 saturated carbocycles. The van der Waals surface area contributed by atoms with Gasteiger partial charge in [-0.2, -0.15) is 0 Å². The molecule has 0 heterocycles. The maximum absolute atomic E-state index is 10.9. The van der Waals surface area contributed by atoms with Crippen LogP contribution in [0.25, 0.3) is 0 Å². The molecule has 3 nitrogen and oxygen atoms in total. The number of rotatable bonds is 2. The summed E-state index contributed by atoms with van der Waals surface area (Å²) >= 11 is 0. The Morgan fingerprint density at radius 2 is 2.06 bits per heavy atom. The monoisotopic (exact) mass is 232 g/mol. The third-order valence-electron chi connectivity index (χ3n) is 2.23. The van der Waals surface area contributed by atoms with Crippen molar-refractivity contribution in [3.05, 3.63) is 34.9 Å². The fourth-order valence-corrected chi connectivity index (χ4v) is 1.40. The Balaban J connectivity index is 3.13. The maximum Gasteiger partial charge on any atom is 0.335 e. The highest BCUT2D eigenvalue weighted by molar-refractivity contribution is 5.89. The SMILES string of the molecule is CCc1cc(C#CC(C)(C)O)ccc1C(=O)O. The molecule has 0 aromatic heterocycles. The molecule has 17 heavy (non-hydrogen) atoms. The summed E-state index contributed by atoms with van der Waals surface area (Å²) in [6, 6.07) is 4.96. The Hall–Kier alpha value is -1.79. The van der Waals surface area contributed by atoms with Gasteiger partial charge in [-0.1, -0.05) is 18.8 Å². The summed E-state index contributed by atoms with van der Waals surface area (Å²) in [6.07, 6.45) is 0.639. The molecule has 0 unspecified atom stereocenters. The van der Waals surface area contributed by atoms with Crippen molar-refractivity contribution < 1.29 is 15.0 Å². The number of aryl methyl sites for hydroxylation is 1. The van der Waals surface area contributed by atoms with Gasteiger partial charge in [-0.05, 0) is 44.0 Å². The van der Waals surface area contributed by atoms with E-state index in [0.29, 0.717) is 17.5 Å². The van der Waals surface area contributed by atoms with Gasteiger partial charge in [-0.3, -0.25) is 0 Å². The first kappa shape index (κ1) is 13.3. The summed E-state index contributed by atoms with van der Waals surface area (Å²) in [7, 11) is 0. The second-order valence-corrected chi connectivity index (χ2v) is 4.34. The van der Waals surface area contributed by atoms with Crippen molar-refractivity contribution in [1.29, 1.82) is 0 Å². The molecule has 0 fully saturated rings. The van der Waals surface area contributed by atoms with Crippen LogP contribution in [0.5, 0.6) is 0 Å². The Morgan fingerprint density at radius 1 is 1.41 bits per heavy atom. The molecule has 1 aromatic carbocycles. The Morgan fingerprint density at radius 3 is 2.53 bits per heavy atom. The molecule has 0 aliphatic rings. The number of aromatic carboxylic acids is 1. The molecule has 0 saturated heterocycles. The predicted octanol–water partition coefficient (Wildman–Crippen LogP) is 2.07. The summed E-state index contributed by atoms with van der Waals surface area (Å²) < 4.78 is 0. The molecule has 0 bridgehead atoms. The van der Waals surface area contributed by atoms with E-state index < -0.39 is 11.6 Å². The number of carbonyl (C=O) groups is 1. The van der Waals surface area contributed by atoms with Crippen LogP contribution in [0.2, 0.25) is 0 Å². The van der Waals surface area contributed by atoms with E-state index in [9.17, 15) is 9.90 Å². The van der Waals surface area contributed by atoms with Gasteiger partial charge in [0.25, 0.3) is 0 Å². The zero-order valence-corrected chi connectivity index (χ0v) is 10.2. The smallest absolute Gasteiger partial charge is 0.335 e. The van der Waals surface area contributed by atoms with Gasteiger partial charge in [0.2, 0.25) is 0 Å². The van der Waals surface area contributed by atoms with Gasteiger partial charge in [-0.15, -0.1) is 0 Å². The highest BCUT2D eigenvalue weighted by Gasteiger charge is 2.09. The standard InChI is InChI=1S/C14H16O3/c1-4-11-9-10(7-8-14(2,3)17)5-6-12(11)13(15)16/h5-6,9,17H,4H2,1-3H3,(H,15,16). The van der Waals surface area contributed by atoms with Gasteiger partial charge in [-0.25, -0.2) is 4.79 Å². The Bertz CT molecular complexity index is 484. The largest absolute Gasteiger partial charge is 0.478 e. The van der Waals surface area contributed by atoms with Crippen LogP contribution in [-0.4, -0.2) is 21.8 Å². The van der Waals surface area contributed by atoms with E-state index in [1.54, 1.807) is 32.0 Å². The summed E-state index contributed by atoms with van der Waals surface area (Å²) in [5, 5.41) is 18.5. The zero-order chi connectivity index (χ0) is 13.1. The lowest BCUT2D eigenvalue weighted by molar-refractivity contribution is 0.0695. The fraction of sp³-hybridized carbons (Fsp3) is 0.357. The third kappa shape index (κ3) is 3.93. The summed E-state index contributed by atoms with van der Waals surface area (Å²) in [4.78, 5) is 10.9. The minimum absolute atomic E-state index is 0.307. The van der Waals surface area contributed by atoms with E-state index in [1.807, 2.05) is 6.92 Å². The molecule has 0 amide bonds. The van der Waals surface area contributed by atoms with Crippen LogP contribution in [-0.2, 0) is 6.42 Å². The first-order valence-electron chi connectivity index (χ1n) is 5.45. The van der Waals surface area contributed by atoms with Crippen LogP contribution in [0.3, 0.4) is 0 Å². The summed E-state index contributed by atoms with van der Waals surface area (Å²) in [5.41, 5.74) is 0.730. The van der Waals surface area contributed by atoms with Crippen LogP contribution in [0.15, 0.2) is 18.2 Å². The van der Waals surface area contributed by atoms with E-state index in [1.165, 1.54) is 0 Å². The molecule has 3 heteroatoms. The Labute approximate surface area is 101 Å². The molecule has 0 atom stereocenters. The number of benzene rings is 1. The number of carboxylic acid groups (broad SMARTS) is 1. The lowest BCUT2D eigenvalue weighted by atomic mass is 10.0.